The van der Waals surface area contributed by atoms with Gasteiger partial charge in [-0.1, -0.05) is 27.7 Å². The highest BCUT2D eigenvalue weighted by atomic mass is 32.2. The van der Waals surface area contributed by atoms with Crippen molar-refractivity contribution in [1.29, 1.82) is 0 Å². The summed E-state index contributed by atoms with van der Waals surface area (Å²) in [6.45, 7) is 11.3. The molecule has 1 N–H and O–H groups in total. The van der Waals surface area contributed by atoms with Crippen LogP contribution >= 0.6 is 0 Å². The van der Waals surface area contributed by atoms with Crippen LogP contribution in [0.3, 0.4) is 0 Å². The van der Waals surface area contributed by atoms with Crippen LogP contribution in [0.4, 0.5) is 0 Å². The number of hydrogen-bond donors (Lipinski definition) is 1. The topological polar surface area (TPSA) is 49.4 Å². The zero-order valence-corrected chi connectivity index (χ0v) is 14.6. The van der Waals surface area contributed by atoms with Crippen molar-refractivity contribution in [3.05, 3.63) is 0 Å². The van der Waals surface area contributed by atoms with Crippen molar-refractivity contribution in [1.82, 2.24) is 9.62 Å². The van der Waals surface area contributed by atoms with Crippen LogP contribution in [0.2, 0.25) is 0 Å². The molecule has 20 heavy (non-hydrogen) atoms. The lowest BCUT2D eigenvalue weighted by molar-refractivity contribution is 0.167. The monoisotopic (exact) mass is 304 g/mol. The summed E-state index contributed by atoms with van der Waals surface area (Å²) in [4.78, 5) is 0. The molecular weight excluding hydrogens is 272 g/mol. The van der Waals surface area contributed by atoms with Gasteiger partial charge in [-0.25, -0.2) is 12.7 Å². The first kappa shape index (κ1) is 17.9. The van der Waals surface area contributed by atoms with Crippen molar-refractivity contribution in [2.24, 2.45) is 11.3 Å². The molecule has 120 valence electrons. The van der Waals surface area contributed by atoms with Gasteiger partial charge in [-0.3, -0.25) is 0 Å². The first-order chi connectivity index (χ1) is 9.20. The van der Waals surface area contributed by atoms with Crippen LogP contribution in [0.5, 0.6) is 0 Å². The SMILES string of the molecule is CCNC(CC1CCCN(S(C)(=O)=O)C1)C(C)(C)CC. The predicted octanol–water partition coefficient (Wildman–Crippen LogP) is 2.46. The van der Waals surface area contributed by atoms with E-state index in [1.165, 1.54) is 6.26 Å². The molecule has 0 aliphatic carbocycles. The number of rotatable bonds is 7. The van der Waals surface area contributed by atoms with Crippen molar-refractivity contribution in [2.45, 2.75) is 59.4 Å². The third-order valence-electron chi connectivity index (χ3n) is 4.82. The quantitative estimate of drug-likeness (QED) is 0.786. The Balaban J connectivity index is 2.69. The minimum atomic E-state index is -3.03. The van der Waals surface area contributed by atoms with Crippen LogP contribution < -0.4 is 5.32 Å². The molecule has 4 nitrogen and oxygen atoms in total. The molecule has 1 aliphatic heterocycles. The van der Waals surface area contributed by atoms with Crippen molar-refractivity contribution >= 4 is 10.0 Å². The Bertz CT molecular complexity index is 393. The van der Waals surface area contributed by atoms with Gasteiger partial charge in [0.2, 0.25) is 10.0 Å². The third kappa shape index (κ3) is 5.01. The van der Waals surface area contributed by atoms with E-state index < -0.39 is 10.0 Å². The van der Waals surface area contributed by atoms with E-state index in [9.17, 15) is 8.42 Å². The molecule has 5 heteroatoms. The lowest BCUT2D eigenvalue weighted by Gasteiger charge is -2.39. The molecule has 1 fully saturated rings. The molecule has 0 radical (unpaired) electrons. The van der Waals surface area contributed by atoms with Gasteiger partial charge in [-0.2, -0.15) is 0 Å². The van der Waals surface area contributed by atoms with Gasteiger partial charge in [0, 0.05) is 19.1 Å². The molecule has 0 amide bonds. The van der Waals surface area contributed by atoms with Crippen molar-refractivity contribution in [3.63, 3.8) is 0 Å². The van der Waals surface area contributed by atoms with Crippen LogP contribution in [0.1, 0.15) is 53.4 Å². The van der Waals surface area contributed by atoms with E-state index in [0.717, 1.165) is 32.2 Å². The zero-order chi connectivity index (χ0) is 15.4. The van der Waals surface area contributed by atoms with Gasteiger partial charge < -0.3 is 5.32 Å². The van der Waals surface area contributed by atoms with E-state index >= 15 is 0 Å². The van der Waals surface area contributed by atoms with Crippen molar-refractivity contribution in [2.75, 3.05) is 25.9 Å². The maximum absolute atomic E-state index is 11.7. The second kappa shape index (κ2) is 7.23. The Morgan fingerprint density at radius 3 is 2.50 bits per heavy atom. The van der Waals surface area contributed by atoms with Crippen molar-refractivity contribution < 1.29 is 8.42 Å². The molecule has 0 saturated carbocycles. The Morgan fingerprint density at radius 2 is 2.00 bits per heavy atom. The summed E-state index contributed by atoms with van der Waals surface area (Å²) in [6.07, 6.45) is 5.66. The largest absolute Gasteiger partial charge is 0.314 e. The predicted molar refractivity (Wildman–Crippen MR) is 85.3 cm³/mol. The van der Waals surface area contributed by atoms with Crippen LogP contribution in [-0.4, -0.2) is 44.7 Å². The second-order valence-electron chi connectivity index (χ2n) is 6.82. The summed E-state index contributed by atoms with van der Waals surface area (Å²) in [7, 11) is -3.03. The van der Waals surface area contributed by atoms with Gasteiger partial charge in [-0.15, -0.1) is 0 Å². The highest BCUT2D eigenvalue weighted by Crippen LogP contribution is 2.32. The fourth-order valence-electron chi connectivity index (χ4n) is 3.03. The molecule has 1 saturated heterocycles. The maximum Gasteiger partial charge on any atom is 0.211 e. The van der Waals surface area contributed by atoms with E-state index in [1.807, 2.05) is 0 Å². The number of nitrogens with one attached hydrogen (secondary N) is 1. The fourth-order valence-corrected chi connectivity index (χ4v) is 3.97. The average molecular weight is 305 g/mol. The molecule has 1 aliphatic rings. The van der Waals surface area contributed by atoms with E-state index in [0.29, 0.717) is 25.0 Å². The molecule has 0 bridgehead atoms. The summed E-state index contributed by atoms with van der Waals surface area (Å²) < 4.78 is 25.1. The summed E-state index contributed by atoms with van der Waals surface area (Å²) in [5.74, 6) is 0.480. The van der Waals surface area contributed by atoms with Gasteiger partial charge in [0.05, 0.1) is 6.26 Å². The highest BCUT2D eigenvalue weighted by molar-refractivity contribution is 7.88. The van der Waals surface area contributed by atoms with E-state index in [4.69, 9.17) is 0 Å². The number of sulfonamides is 1. The molecular formula is C15H32N2O2S. The summed E-state index contributed by atoms with van der Waals surface area (Å²) in [6, 6.07) is 0.460. The van der Waals surface area contributed by atoms with Gasteiger partial charge in [-0.05, 0) is 43.6 Å². The van der Waals surface area contributed by atoms with Gasteiger partial charge in [0.15, 0.2) is 0 Å². The molecule has 1 heterocycles. The zero-order valence-electron chi connectivity index (χ0n) is 13.8. The van der Waals surface area contributed by atoms with Gasteiger partial charge in [0.25, 0.3) is 0 Å². The van der Waals surface area contributed by atoms with E-state index in [1.54, 1.807) is 4.31 Å². The lowest BCUT2D eigenvalue weighted by atomic mass is 9.76. The summed E-state index contributed by atoms with van der Waals surface area (Å²) in [5.41, 5.74) is 0.253. The molecule has 0 aromatic heterocycles. The molecule has 0 aromatic rings. The third-order valence-corrected chi connectivity index (χ3v) is 6.09. The second-order valence-corrected chi connectivity index (χ2v) is 8.80. The van der Waals surface area contributed by atoms with E-state index in [-0.39, 0.29) is 5.41 Å². The Hall–Kier alpha value is -0.130. The first-order valence-electron chi connectivity index (χ1n) is 7.89. The normalized spacial score (nSPS) is 23.8. The molecule has 1 rings (SSSR count). The Kier molecular flexibility index (Phi) is 6.48. The van der Waals surface area contributed by atoms with E-state index in [2.05, 4.69) is 33.0 Å². The smallest absolute Gasteiger partial charge is 0.211 e. The highest BCUT2D eigenvalue weighted by Gasteiger charge is 2.32. The average Bonchev–Trinajstić information content (AvgIpc) is 2.37. The van der Waals surface area contributed by atoms with Crippen LogP contribution in [0.25, 0.3) is 0 Å². The molecule has 0 spiro atoms. The molecule has 2 atom stereocenters. The summed E-state index contributed by atoms with van der Waals surface area (Å²) >= 11 is 0. The number of nitrogens with zero attached hydrogens (tertiary/aromatic N) is 1. The van der Waals surface area contributed by atoms with Gasteiger partial charge >= 0.3 is 0 Å². The van der Waals surface area contributed by atoms with Gasteiger partial charge in [0.1, 0.15) is 0 Å². The number of piperidine rings is 1. The van der Waals surface area contributed by atoms with Crippen LogP contribution in [0, 0.1) is 11.3 Å². The maximum atomic E-state index is 11.7. The standard InChI is InChI=1S/C15H32N2O2S/c1-6-15(3,4)14(16-7-2)11-13-9-8-10-17(12-13)20(5,18)19/h13-14,16H,6-12H2,1-5H3. The lowest BCUT2D eigenvalue weighted by Crippen LogP contribution is -2.46. The Morgan fingerprint density at radius 1 is 1.35 bits per heavy atom. The Labute approximate surface area is 125 Å². The first-order valence-corrected chi connectivity index (χ1v) is 9.74. The molecule has 2 unspecified atom stereocenters. The minimum Gasteiger partial charge on any atom is -0.314 e. The minimum absolute atomic E-state index is 0.253. The van der Waals surface area contributed by atoms with Crippen LogP contribution in [-0.2, 0) is 10.0 Å². The fraction of sp³-hybridized carbons (Fsp3) is 1.00. The number of hydrogen-bond acceptors (Lipinski definition) is 3. The molecule has 0 aromatic carbocycles. The van der Waals surface area contributed by atoms with Crippen molar-refractivity contribution in [3.8, 4) is 0 Å². The van der Waals surface area contributed by atoms with Crippen LogP contribution in [0.15, 0.2) is 0 Å². The summed E-state index contributed by atoms with van der Waals surface area (Å²) in [5, 5.41) is 3.61.